The second-order valence-electron chi connectivity index (χ2n) is 24.6. The highest BCUT2D eigenvalue weighted by Crippen LogP contribution is 2.19. The van der Waals surface area contributed by atoms with Gasteiger partial charge in [-0.15, -0.1) is 0 Å². The van der Waals surface area contributed by atoms with Gasteiger partial charge in [-0.3, -0.25) is 9.59 Å². The molecule has 0 aliphatic carbocycles. The molecule has 0 saturated carbocycles. The number of carbonyl (C=O) groups is 2. The molecule has 0 aromatic heterocycles. The summed E-state index contributed by atoms with van der Waals surface area (Å²) in [5, 5.41) is 23.4. The number of hydrogen-bond acceptors (Lipinski definition) is 5. The van der Waals surface area contributed by atoms with Crippen molar-refractivity contribution in [2.75, 3.05) is 13.2 Å². The molecule has 77 heavy (non-hydrogen) atoms. The molecule has 0 aliphatic heterocycles. The lowest BCUT2D eigenvalue weighted by atomic mass is 10.0. The van der Waals surface area contributed by atoms with Crippen molar-refractivity contribution in [1.82, 2.24) is 5.32 Å². The lowest BCUT2D eigenvalue weighted by Crippen LogP contribution is -2.45. The standard InChI is InChI=1S/C71H139NO5/c1-3-5-7-9-11-13-15-17-18-19-20-21-22-25-28-31-34-37-40-43-47-51-55-59-63-69(74)68(67-73)72-70(75)64-60-56-52-48-44-41-38-35-32-29-26-23-24-27-30-33-36-39-42-46-50-54-58-62-66-77-71(76)65-61-57-53-49-45-16-14-12-10-8-6-4-2/h26,29,68-69,73-74H,3-25,27-28,30-67H2,1-2H3,(H,72,75)/b29-26-. The Balaban J connectivity index is 3.40. The van der Waals surface area contributed by atoms with Crippen molar-refractivity contribution in [2.24, 2.45) is 0 Å². The summed E-state index contributed by atoms with van der Waals surface area (Å²) in [5.74, 6) is -0.0199. The Morgan fingerprint density at radius 3 is 0.922 bits per heavy atom. The average Bonchev–Trinajstić information content (AvgIpc) is 3.43. The van der Waals surface area contributed by atoms with Gasteiger partial charge in [-0.1, -0.05) is 353 Å². The Morgan fingerprint density at radius 2 is 0.610 bits per heavy atom. The van der Waals surface area contributed by atoms with Crippen LogP contribution in [-0.2, 0) is 14.3 Å². The smallest absolute Gasteiger partial charge is 0.305 e. The molecule has 3 N–H and O–H groups in total. The van der Waals surface area contributed by atoms with E-state index in [0.29, 0.717) is 25.9 Å². The molecular formula is C71H139NO5. The van der Waals surface area contributed by atoms with Gasteiger partial charge in [0.25, 0.3) is 0 Å². The van der Waals surface area contributed by atoms with Crippen molar-refractivity contribution >= 4 is 11.9 Å². The van der Waals surface area contributed by atoms with Gasteiger partial charge in [0.2, 0.25) is 5.91 Å². The minimum atomic E-state index is -0.668. The van der Waals surface area contributed by atoms with Crippen LogP contribution in [0.1, 0.15) is 406 Å². The summed E-state index contributed by atoms with van der Waals surface area (Å²) in [4.78, 5) is 24.6. The van der Waals surface area contributed by atoms with Crippen LogP contribution in [0.25, 0.3) is 0 Å². The van der Waals surface area contributed by atoms with Crippen molar-refractivity contribution in [3.8, 4) is 0 Å². The maximum absolute atomic E-state index is 12.6. The monoisotopic (exact) mass is 1090 g/mol. The van der Waals surface area contributed by atoms with E-state index in [2.05, 4.69) is 31.3 Å². The first-order chi connectivity index (χ1) is 38.0. The lowest BCUT2D eigenvalue weighted by Gasteiger charge is -2.22. The van der Waals surface area contributed by atoms with Crippen molar-refractivity contribution in [2.45, 2.75) is 418 Å². The van der Waals surface area contributed by atoms with Crippen LogP contribution in [0.3, 0.4) is 0 Å². The van der Waals surface area contributed by atoms with Gasteiger partial charge >= 0.3 is 5.97 Å². The van der Waals surface area contributed by atoms with E-state index in [-0.39, 0.29) is 18.5 Å². The molecule has 6 nitrogen and oxygen atoms in total. The van der Waals surface area contributed by atoms with E-state index in [9.17, 15) is 19.8 Å². The van der Waals surface area contributed by atoms with Gasteiger partial charge < -0.3 is 20.3 Å². The summed E-state index contributed by atoms with van der Waals surface area (Å²) >= 11 is 0. The minimum absolute atomic E-state index is 0.0144. The maximum atomic E-state index is 12.6. The molecule has 0 aromatic rings. The van der Waals surface area contributed by atoms with E-state index in [1.807, 2.05) is 0 Å². The number of allylic oxidation sites excluding steroid dienone is 2. The molecule has 458 valence electrons. The Kier molecular flexibility index (Phi) is 65.9. The second-order valence-corrected chi connectivity index (χ2v) is 24.6. The Hall–Kier alpha value is -1.40. The normalized spacial score (nSPS) is 12.5. The third-order valence-electron chi connectivity index (χ3n) is 16.8. The van der Waals surface area contributed by atoms with Crippen molar-refractivity contribution < 1.29 is 24.5 Å². The number of aliphatic hydroxyl groups excluding tert-OH is 2. The first-order valence-corrected chi connectivity index (χ1v) is 35.4. The first-order valence-electron chi connectivity index (χ1n) is 35.4. The first kappa shape index (κ1) is 75.6. The fourth-order valence-electron chi connectivity index (χ4n) is 11.4. The molecule has 0 spiro atoms. The molecule has 1 amide bonds. The van der Waals surface area contributed by atoms with E-state index in [4.69, 9.17) is 4.74 Å². The van der Waals surface area contributed by atoms with Crippen LogP contribution in [0.5, 0.6) is 0 Å². The molecular weight excluding hydrogens is 947 g/mol. The highest BCUT2D eigenvalue weighted by molar-refractivity contribution is 5.76. The van der Waals surface area contributed by atoms with E-state index >= 15 is 0 Å². The van der Waals surface area contributed by atoms with Crippen LogP contribution in [0.4, 0.5) is 0 Å². The highest BCUT2D eigenvalue weighted by atomic mass is 16.5. The third kappa shape index (κ3) is 63.6. The molecule has 0 saturated heterocycles. The SMILES string of the molecule is CCCCCCCCCCCCCCCCCCCCCCCCCCC(O)C(CO)NC(=O)CCCCCCCCCC/C=C\CCCCCCCCCCCCCCOC(=O)CCCCCCCCCCCCCC. The van der Waals surface area contributed by atoms with Crippen molar-refractivity contribution in [3.63, 3.8) is 0 Å². The zero-order valence-electron chi connectivity index (χ0n) is 52.5. The second kappa shape index (κ2) is 67.1. The number of unbranched alkanes of at least 4 members (excludes halogenated alkanes) is 54. The number of ether oxygens (including phenoxy) is 1. The van der Waals surface area contributed by atoms with E-state index in [0.717, 1.165) is 38.5 Å². The van der Waals surface area contributed by atoms with Gasteiger partial charge in [-0.2, -0.15) is 0 Å². The summed E-state index contributed by atoms with van der Waals surface area (Å²) in [6.45, 7) is 4.99. The van der Waals surface area contributed by atoms with Gasteiger partial charge in [-0.25, -0.2) is 0 Å². The highest BCUT2D eigenvalue weighted by Gasteiger charge is 2.20. The molecule has 0 bridgehead atoms. The Labute approximate surface area is 482 Å². The van der Waals surface area contributed by atoms with Gasteiger partial charge in [0.1, 0.15) is 0 Å². The van der Waals surface area contributed by atoms with Crippen LogP contribution < -0.4 is 5.32 Å². The molecule has 0 rings (SSSR count). The van der Waals surface area contributed by atoms with Gasteiger partial charge in [0, 0.05) is 12.8 Å². The molecule has 0 aliphatic rings. The molecule has 2 atom stereocenters. The fraction of sp³-hybridized carbons (Fsp3) is 0.944. The number of rotatable bonds is 67. The van der Waals surface area contributed by atoms with Crippen LogP contribution in [0.15, 0.2) is 12.2 Å². The van der Waals surface area contributed by atoms with E-state index in [1.54, 1.807) is 0 Å². The molecule has 0 fully saturated rings. The third-order valence-corrected chi connectivity index (χ3v) is 16.8. The Bertz CT molecular complexity index is 1160. The largest absolute Gasteiger partial charge is 0.466 e. The van der Waals surface area contributed by atoms with Crippen molar-refractivity contribution in [3.05, 3.63) is 12.2 Å². The number of nitrogens with one attached hydrogen (secondary N) is 1. The topological polar surface area (TPSA) is 95.9 Å². The zero-order chi connectivity index (χ0) is 55.7. The molecule has 0 radical (unpaired) electrons. The zero-order valence-corrected chi connectivity index (χ0v) is 52.5. The quantitative estimate of drug-likeness (QED) is 0.0320. The van der Waals surface area contributed by atoms with Crippen LogP contribution in [0.2, 0.25) is 0 Å². The van der Waals surface area contributed by atoms with Crippen LogP contribution >= 0.6 is 0 Å². The molecule has 0 heterocycles. The summed E-state index contributed by atoms with van der Waals surface area (Å²) in [6.07, 6.45) is 82.6. The van der Waals surface area contributed by atoms with Gasteiger partial charge in [-0.05, 0) is 51.4 Å². The number of esters is 1. The number of amides is 1. The maximum Gasteiger partial charge on any atom is 0.305 e. The fourth-order valence-corrected chi connectivity index (χ4v) is 11.4. The number of carbonyl (C=O) groups excluding carboxylic acids is 2. The van der Waals surface area contributed by atoms with Gasteiger partial charge in [0.05, 0.1) is 25.4 Å². The summed E-state index contributed by atoms with van der Waals surface area (Å²) in [5.41, 5.74) is 0. The summed E-state index contributed by atoms with van der Waals surface area (Å²) in [7, 11) is 0. The summed E-state index contributed by atoms with van der Waals surface area (Å²) < 4.78 is 5.48. The summed E-state index contributed by atoms with van der Waals surface area (Å²) in [6, 6.07) is -0.545. The molecule has 2 unspecified atom stereocenters. The van der Waals surface area contributed by atoms with E-state index < -0.39 is 12.1 Å². The predicted molar refractivity (Wildman–Crippen MR) is 338 cm³/mol. The van der Waals surface area contributed by atoms with E-state index in [1.165, 1.54) is 334 Å². The number of hydrogen-bond donors (Lipinski definition) is 3. The average molecular weight is 1090 g/mol. The van der Waals surface area contributed by atoms with Crippen LogP contribution in [-0.4, -0.2) is 47.4 Å². The lowest BCUT2D eigenvalue weighted by molar-refractivity contribution is -0.143. The minimum Gasteiger partial charge on any atom is -0.466 e. The molecule has 6 heteroatoms. The predicted octanol–water partition coefficient (Wildman–Crippen LogP) is 22.8. The van der Waals surface area contributed by atoms with Crippen LogP contribution in [0, 0.1) is 0 Å². The molecule has 0 aromatic carbocycles. The van der Waals surface area contributed by atoms with Gasteiger partial charge in [0.15, 0.2) is 0 Å². The van der Waals surface area contributed by atoms with Crippen molar-refractivity contribution in [1.29, 1.82) is 0 Å². The number of aliphatic hydroxyl groups is 2. The Morgan fingerprint density at radius 1 is 0.351 bits per heavy atom.